The Morgan fingerprint density at radius 3 is 2.64 bits per heavy atom. The van der Waals surface area contributed by atoms with Gasteiger partial charge in [-0.15, -0.1) is 0 Å². The first-order chi connectivity index (χ1) is 18.6. The summed E-state index contributed by atoms with van der Waals surface area (Å²) in [6.07, 6.45) is 1.10. The minimum absolute atomic E-state index is 0.217. The summed E-state index contributed by atoms with van der Waals surface area (Å²) >= 11 is 0. The van der Waals surface area contributed by atoms with Crippen LogP contribution < -0.4 is 15.4 Å². The van der Waals surface area contributed by atoms with E-state index in [1.807, 2.05) is 31.2 Å². The highest BCUT2D eigenvalue weighted by molar-refractivity contribution is 6.34. The van der Waals surface area contributed by atoms with Gasteiger partial charge in [0.05, 0.1) is 41.4 Å². The molecule has 1 aliphatic heterocycles. The summed E-state index contributed by atoms with van der Waals surface area (Å²) in [7, 11) is 0. The van der Waals surface area contributed by atoms with Crippen molar-refractivity contribution in [2.75, 3.05) is 25.1 Å². The fourth-order valence-corrected chi connectivity index (χ4v) is 4.02. The predicted molar refractivity (Wildman–Crippen MR) is 147 cm³/mol. The van der Waals surface area contributed by atoms with Crippen molar-refractivity contribution in [2.24, 2.45) is 0 Å². The van der Waals surface area contributed by atoms with Gasteiger partial charge in [-0.1, -0.05) is 12.1 Å². The summed E-state index contributed by atoms with van der Waals surface area (Å²) in [5.74, 6) is -0.223. The number of carbonyl (C=O) groups excluding carboxylic acids is 3. The molecule has 3 N–H and O–H groups in total. The standard InChI is InChI=1S/C29H32N4O6/c1-6-37-27(35)19-15-17(2)31-23(19)16-20-25-22(33-26(20)34)12-11-21(32-25)18-9-7-8-10-24(18)38-14-13-30-28(36)39-29(3,4)5/h7-12,15-16,31H,6,13-14H2,1-5H3,(H,30,36)(H,33,34)/b20-16-. The maximum atomic E-state index is 12.9. The Hall–Kier alpha value is -4.60. The first-order valence-corrected chi connectivity index (χ1v) is 12.7. The number of nitrogens with one attached hydrogen (secondary N) is 3. The van der Waals surface area contributed by atoms with Crippen LogP contribution in [0.4, 0.5) is 10.5 Å². The number of esters is 1. The number of anilines is 1. The van der Waals surface area contributed by atoms with Gasteiger partial charge in [0.15, 0.2) is 0 Å². The van der Waals surface area contributed by atoms with Gasteiger partial charge in [0, 0.05) is 11.3 Å². The van der Waals surface area contributed by atoms with Gasteiger partial charge in [0.2, 0.25) is 0 Å². The van der Waals surface area contributed by atoms with E-state index in [-0.39, 0.29) is 25.7 Å². The molecule has 2 amide bonds. The number of hydrogen-bond acceptors (Lipinski definition) is 7. The van der Waals surface area contributed by atoms with Crippen molar-refractivity contribution >= 4 is 35.3 Å². The minimum atomic E-state index is -0.583. The third-order valence-electron chi connectivity index (χ3n) is 5.60. The largest absolute Gasteiger partial charge is 0.491 e. The van der Waals surface area contributed by atoms with Gasteiger partial charge in [0.25, 0.3) is 5.91 Å². The number of aryl methyl sites for hydroxylation is 1. The third-order valence-corrected chi connectivity index (χ3v) is 5.60. The number of alkyl carbamates (subject to hydrolysis) is 1. The lowest BCUT2D eigenvalue weighted by atomic mass is 10.1. The summed E-state index contributed by atoms with van der Waals surface area (Å²) in [4.78, 5) is 45.1. The maximum absolute atomic E-state index is 12.9. The summed E-state index contributed by atoms with van der Waals surface area (Å²) in [6.45, 7) is 9.66. The molecule has 2 aromatic heterocycles. The van der Waals surface area contributed by atoms with Gasteiger partial charge in [-0.05, 0) is 71.0 Å². The SMILES string of the molecule is CCOC(=O)c1cc(C)[nH]c1/C=C1\C(=O)Nc2ccc(-c3ccccc3OCCNC(=O)OC(C)(C)C)nc21. The summed E-state index contributed by atoms with van der Waals surface area (Å²) in [6, 6.07) is 12.7. The summed E-state index contributed by atoms with van der Waals surface area (Å²) in [5, 5.41) is 5.49. The van der Waals surface area contributed by atoms with Gasteiger partial charge < -0.3 is 29.8 Å². The Morgan fingerprint density at radius 2 is 1.90 bits per heavy atom. The van der Waals surface area contributed by atoms with Crippen molar-refractivity contribution in [2.45, 2.75) is 40.2 Å². The number of pyridine rings is 1. The predicted octanol–water partition coefficient (Wildman–Crippen LogP) is 4.96. The number of para-hydroxylation sites is 1. The number of fused-ring (bicyclic) bond motifs is 1. The number of aromatic nitrogens is 2. The second-order valence-corrected chi connectivity index (χ2v) is 9.88. The molecule has 0 saturated heterocycles. The van der Waals surface area contributed by atoms with Crippen LogP contribution in [0.3, 0.4) is 0 Å². The lowest BCUT2D eigenvalue weighted by molar-refractivity contribution is -0.110. The molecule has 1 aliphatic rings. The molecule has 0 fully saturated rings. The number of nitrogens with zero attached hydrogens (tertiary/aromatic N) is 1. The molecule has 1 aromatic carbocycles. The van der Waals surface area contributed by atoms with E-state index in [9.17, 15) is 14.4 Å². The molecule has 0 radical (unpaired) electrons. The van der Waals surface area contributed by atoms with E-state index in [1.165, 1.54) is 0 Å². The Labute approximate surface area is 226 Å². The maximum Gasteiger partial charge on any atom is 0.407 e. The van der Waals surface area contributed by atoms with Crippen molar-refractivity contribution in [3.05, 3.63) is 65.1 Å². The van der Waals surface area contributed by atoms with E-state index >= 15 is 0 Å². The second-order valence-electron chi connectivity index (χ2n) is 9.88. The molecule has 0 unspecified atom stereocenters. The van der Waals surface area contributed by atoms with Gasteiger partial charge in [-0.25, -0.2) is 14.6 Å². The lowest BCUT2D eigenvalue weighted by Crippen LogP contribution is -2.34. The Kier molecular flexibility index (Phi) is 8.04. The number of benzene rings is 1. The molecular formula is C29H32N4O6. The molecule has 0 saturated carbocycles. The van der Waals surface area contributed by atoms with Crippen LogP contribution in [0.15, 0.2) is 42.5 Å². The summed E-state index contributed by atoms with van der Waals surface area (Å²) < 4.78 is 16.3. The van der Waals surface area contributed by atoms with Crippen LogP contribution in [0.25, 0.3) is 22.9 Å². The Bertz CT molecular complexity index is 1430. The zero-order valence-electron chi connectivity index (χ0n) is 22.6. The van der Waals surface area contributed by atoms with Crippen LogP contribution in [0.1, 0.15) is 55.1 Å². The molecule has 39 heavy (non-hydrogen) atoms. The number of ether oxygens (including phenoxy) is 3. The molecule has 0 bridgehead atoms. The van der Waals surface area contributed by atoms with Gasteiger partial charge in [0.1, 0.15) is 23.7 Å². The molecule has 0 atom stereocenters. The average molecular weight is 533 g/mol. The quantitative estimate of drug-likeness (QED) is 0.212. The Morgan fingerprint density at radius 1 is 1.13 bits per heavy atom. The first kappa shape index (κ1) is 27.4. The van der Waals surface area contributed by atoms with Gasteiger partial charge >= 0.3 is 12.1 Å². The van der Waals surface area contributed by atoms with E-state index < -0.39 is 17.7 Å². The summed E-state index contributed by atoms with van der Waals surface area (Å²) in [5.41, 5.74) is 3.66. The molecule has 0 spiro atoms. The van der Waals surface area contributed by atoms with Crippen LogP contribution in [0.2, 0.25) is 0 Å². The van der Waals surface area contributed by atoms with E-state index in [4.69, 9.17) is 19.2 Å². The van der Waals surface area contributed by atoms with E-state index in [0.29, 0.717) is 39.7 Å². The molecular weight excluding hydrogens is 500 g/mol. The second kappa shape index (κ2) is 11.4. The zero-order valence-corrected chi connectivity index (χ0v) is 22.6. The molecule has 4 rings (SSSR count). The smallest absolute Gasteiger partial charge is 0.407 e. The van der Waals surface area contributed by atoms with Crippen LogP contribution in [0.5, 0.6) is 5.75 Å². The molecule has 0 aliphatic carbocycles. The Balaban J connectivity index is 1.57. The van der Waals surface area contributed by atoms with E-state index in [2.05, 4.69) is 15.6 Å². The molecule has 10 nitrogen and oxygen atoms in total. The average Bonchev–Trinajstić information content (AvgIpc) is 3.39. The van der Waals surface area contributed by atoms with Crippen molar-refractivity contribution < 1.29 is 28.6 Å². The molecule has 10 heteroatoms. The zero-order chi connectivity index (χ0) is 28.2. The van der Waals surface area contributed by atoms with Crippen molar-refractivity contribution in [1.29, 1.82) is 0 Å². The molecule has 3 heterocycles. The van der Waals surface area contributed by atoms with Crippen LogP contribution in [-0.4, -0.2) is 53.3 Å². The number of carbonyl (C=O) groups is 3. The molecule has 3 aromatic rings. The van der Waals surface area contributed by atoms with Crippen molar-refractivity contribution in [1.82, 2.24) is 15.3 Å². The van der Waals surface area contributed by atoms with Crippen LogP contribution in [0, 0.1) is 6.92 Å². The lowest BCUT2D eigenvalue weighted by Gasteiger charge is -2.19. The van der Waals surface area contributed by atoms with Crippen molar-refractivity contribution in [3.8, 4) is 17.0 Å². The fraction of sp³-hybridized carbons (Fsp3) is 0.310. The van der Waals surface area contributed by atoms with E-state index in [1.54, 1.807) is 52.0 Å². The van der Waals surface area contributed by atoms with Crippen molar-refractivity contribution in [3.63, 3.8) is 0 Å². The third kappa shape index (κ3) is 6.64. The fourth-order valence-electron chi connectivity index (χ4n) is 4.02. The van der Waals surface area contributed by atoms with Crippen LogP contribution in [-0.2, 0) is 14.3 Å². The first-order valence-electron chi connectivity index (χ1n) is 12.7. The number of amides is 2. The number of hydrogen-bond donors (Lipinski definition) is 3. The van der Waals surface area contributed by atoms with Crippen LogP contribution >= 0.6 is 0 Å². The highest BCUT2D eigenvalue weighted by atomic mass is 16.6. The molecule has 204 valence electrons. The highest BCUT2D eigenvalue weighted by Gasteiger charge is 2.28. The number of rotatable bonds is 8. The van der Waals surface area contributed by atoms with E-state index in [0.717, 1.165) is 11.3 Å². The highest BCUT2D eigenvalue weighted by Crippen LogP contribution is 2.36. The topological polar surface area (TPSA) is 132 Å². The van der Waals surface area contributed by atoms with Gasteiger partial charge in [-0.3, -0.25) is 4.79 Å². The van der Waals surface area contributed by atoms with Gasteiger partial charge in [-0.2, -0.15) is 0 Å². The minimum Gasteiger partial charge on any atom is -0.491 e. The number of aromatic amines is 1. The normalized spacial score (nSPS) is 13.6. The number of H-pyrrole nitrogens is 1. The monoisotopic (exact) mass is 532 g/mol.